The van der Waals surface area contributed by atoms with Crippen LogP contribution in [0.3, 0.4) is 0 Å². The smallest absolute Gasteiger partial charge is 0.300 e. The molecule has 1 unspecified atom stereocenters. The van der Waals surface area contributed by atoms with Crippen molar-refractivity contribution in [2.45, 2.75) is 64.3 Å². The van der Waals surface area contributed by atoms with Gasteiger partial charge in [0.2, 0.25) is 0 Å². The molecule has 0 aliphatic carbocycles. The number of allylic oxidation sites excluding steroid dienone is 1. The minimum Gasteiger partial charge on any atom is -0.380 e. The van der Waals surface area contributed by atoms with E-state index < -0.39 is 0 Å². The Balaban J connectivity index is 1.47. The van der Waals surface area contributed by atoms with E-state index in [4.69, 9.17) is 6.57 Å². The van der Waals surface area contributed by atoms with Crippen LogP contribution in [-0.2, 0) is 0 Å². The third kappa shape index (κ3) is 6.36. The zero-order chi connectivity index (χ0) is 20.5. The van der Waals surface area contributed by atoms with Gasteiger partial charge in [0.15, 0.2) is 0 Å². The molecule has 0 radical (unpaired) electrons. The fourth-order valence-electron chi connectivity index (χ4n) is 5.14. The highest BCUT2D eigenvalue weighted by Gasteiger charge is 2.25. The molecule has 3 saturated heterocycles. The fourth-order valence-corrected chi connectivity index (χ4v) is 5.14. The van der Waals surface area contributed by atoms with Crippen molar-refractivity contribution in [3.05, 3.63) is 22.9 Å². The van der Waals surface area contributed by atoms with Gasteiger partial charge in [-0.15, -0.1) is 0 Å². The van der Waals surface area contributed by atoms with Crippen LogP contribution in [0.25, 0.3) is 4.85 Å². The summed E-state index contributed by atoms with van der Waals surface area (Å²) < 4.78 is 0. The zero-order valence-electron chi connectivity index (χ0n) is 18.2. The lowest BCUT2D eigenvalue weighted by molar-refractivity contribution is 0.143. The largest absolute Gasteiger partial charge is 0.380 e. The van der Waals surface area contributed by atoms with Crippen molar-refractivity contribution in [3.63, 3.8) is 0 Å². The summed E-state index contributed by atoms with van der Waals surface area (Å²) in [5.41, 5.74) is 0.217. The third-order valence-electron chi connectivity index (χ3n) is 6.94. The van der Waals surface area contributed by atoms with Gasteiger partial charge in [-0.05, 0) is 77.4 Å². The predicted molar refractivity (Wildman–Crippen MR) is 117 cm³/mol. The summed E-state index contributed by atoms with van der Waals surface area (Å²) in [6, 6.07) is 2.81. The van der Waals surface area contributed by atoms with Gasteiger partial charge in [0.05, 0.1) is 12.6 Å². The molecule has 1 atom stereocenters. The monoisotopic (exact) mass is 398 g/mol. The van der Waals surface area contributed by atoms with E-state index in [1.54, 1.807) is 0 Å². The molecule has 0 amide bonds. The van der Waals surface area contributed by atoms with E-state index in [-0.39, 0.29) is 5.70 Å². The lowest BCUT2D eigenvalue weighted by Gasteiger charge is -2.38. The molecule has 29 heavy (non-hydrogen) atoms. The van der Waals surface area contributed by atoms with E-state index >= 15 is 0 Å². The van der Waals surface area contributed by atoms with Crippen LogP contribution in [0, 0.1) is 23.8 Å². The SMILES string of the molecule is [C-]#[N+]/C(C#N)=C(\NCCCN1CCCC1C)N1CCC(CN2CCCCC2)CC1. The van der Waals surface area contributed by atoms with Gasteiger partial charge < -0.3 is 20.0 Å². The quantitative estimate of drug-likeness (QED) is 0.386. The molecule has 3 fully saturated rings. The summed E-state index contributed by atoms with van der Waals surface area (Å²) >= 11 is 0. The summed E-state index contributed by atoms with van der Waals surface area (Å²) in [7, 11) is 0. The van der Waals surface area contributed by atoms with Crippen molar-refractivity contribution in [2.75, 3.05) is 52.4 Å². The van der Waals surface area contributed by atoms with Crippen LogP contribution in [0.15, 0.2) is 11.5 Å². The number of rotatable bonds is 8. The molecule has 0 saturated carbocycles. The zero-order valence-corrected chi connectivity index (χ0v) is 18.2. The molecule has 0 aromatic carbocycles. The first-order valence-electron chi connectivity index (χ1n) is 11.7. The number of nitriles is 1. The van der Waals surface area contributed by atoms with Crippen molar-refractivity contribution in [2.24, 2.45) is 5.92 Å². The molecule has 0 aromatic rings. The maximum absolute atomic E-state index is 9.46. The molecule has 6 nitrogen and oxygen atoms in total. The van der Waals surface area contributed by atoms with Crippen molar-refractivity contribution < 1.29 is 0 Å². The van der Waals surface area contributed by atoms with Gasteiger partial charge in [0, 0.05) is 38.8 Å². The number of nitrogens with zero attached hydrogens (tertiary/aromatic N) is 5. The molecular weight excluding hydrogens is 360 g/mol. The molecule has 1 N–H and O–H groups in total. The second kappa shape index (κ2) is 11.4. The van der Waals surface area contributed by atoms with Gasteiger partial charge in [-0.3, -0.25) is 0 Å². The molecule has 6 heteroatoms. The Hall–Kier alpha value is -1.76. The summed E-state index contributed by atoms with van der Waals surface area (Å²) in [5, 5.41) is 12.9. The lowest BCUT2D eigenvalue weighted by atomic mass is 9.95. The van der Waals surface area contributed by atoms with E-state index in [0.717, 1.165) is 57.2 Å². The van der Waals surface area contributed by atoms with Gasteiger partial charge in [-0.1, -0.05) is 6.42 Å². The summed E-state index contributed by atoms with van der Waals surface area (Å²) in [6.45, 7) is 18.5. The van der Waals surface area contributed by atoms with Crippen molar-refractivity contribution in [1.82, 2.24) is 20.0 Å². The number of piperidine rings is 2. The predicted octanol–water partition coefficient (Wildman–Crippen LogP) is 3.26. The Morgan fingerprint density at radius 2 is 1.83 bits per heavy atom. The Bertz CT molecular complexity index is 600. The molecule has 160 valence electrons. The van der Waals surface area contributed by atoms with Crippen molar-refractivity contribution >= 4 is 0 Å². The standard InChI is InChI=1S/C23H38N6/c1-20-8-6-14-28(20)15-7-11-26-23(22(18-24)25-2)29-16-9-21(10-17-29)19-27-12-4-3-5-13-27/h20-21,26H,3-17,19H2,1H3/b23-22+. The first kappa shape index (κ1) is 21.9. The van der Waals surface area contributed by atoms with Gasteiger partial charge >= 0.3 is 0 Å². The maximum atomic E-state index is 9.46. The summed E-state index contributed by atoms with van der Waals surface area (Å²) in [5.74, 6) is 1.52. The summed E-state index contributed by atoms with van der Waals surface area (Å²) in [4.78, 5) is 11.0. The summed E-state index contributed by atoms with van der Waals surface area (Å²) in [6.07, 6.45) is 10.1. The Morgan fingerprint density at radius 1 is 1.07 bits per heavy atom. The van der Waals surface area contributed by atoms with E-state index in [1.807, 2.05) is 0 Å². The normalized spacial score (nSPS) is 25.3. The fraction of sp³-hybridized carbons (Fsp3) is 0.826. The molecular formula is C23H38N6. The average molecular weight is 399 g/mol. The van der Waals surface area contributed by atoms with Crippen LogP contribution < -0.4 is 5.32 Å². The first-order valence-corrected chi connectivity index (χ1v) is 11.7. The minimum atomic E-state index is 0.217. The molecule has 0 bridgehead atoms. The van der Waals surface area contributed by atoms with Crippen LogP contribution in [0.5, 0.6) is 0 Å². The van der Waals surface area contributed by atoms with Crippen LogP contribution in [-0.4, -0.2) is 73.1 Å². The van der Waals surface area contributed by atoms with E-state index in [2.05, 4.69) is 37.9 Å². The maximum Gasteiger partial charge on any atom is 0.300 e. The number of hydrogen-bond donors (Lipinski definition) is 1. The van der Waals surface area contributed by atoms with E-state index in [0.29, 0.717) is 6.04 Å². The lowest BCUT2D eigenvalue weighted by Crippen LogP contribution is -2.43. The highest BCUT2D eigenvalue weighted by molar-refractivity contribution is 5.32. The van der Waals surface area contributed by atoms with Crippen LogP contribution >= 0.6 is 0 Å². The highest BCUT2D eigenvalue weighted by atomic mass is 15.3. The second-order valence-electron chi connectivity index (χ2n) is 9.02. The van der Waals surface area contributed by atoms with Gasteiger partial charge in [0.25, 0.3) is 5.70 Å². The minimum absolute atomic E-state index is 0.217. The Kier molecular flexibility index (Phi) is 8.65. The van der Waals surface area contributed by atoms with Crippen molar-refractivity contribution in [3.8, 4) is 6.07 Å². The van der Waals surface area contributed by atoms with E-state index in [9.17, 15) is 5.26 Å². The number of hydrogen-bond acceptors (Lipinski definition) is 5. The Morgan fingerprint density at radius 3 is 2.45 bits per heavy atom. The van der Waals surface area contributed by atoms with Crippen LogP contribution in [0.1, 0.15) is 58.3 Å². The first-order chi connectivity index (χ1) is 14.2. The molecule has 3 aliphatic rings. The molecule has 3 rings (SSSR count). The number of nitrogens with one attached hydrogen (secondary N) is 1. The van der Waals surface area contributed by atoms with Gasteiger partial charge in [-0.2, -0.15) is 0 Å². The van der Waals surface area contributed by atoms with Crippen molar-refractivity contribution in [1.29, 1.82) is 5.26 Å². The van der Waals surface area contributed by atoms with Gasteiger partial charge in [-0.25, -0.2) is 10.1 Å². The van der Waals surface area contributed by atoms with Crippen LogP contribution in [0.2, 0.25) is 0 Å². The van der Waals surface area contributed by atoms with Crippen LogP contribution in [0.4, 0.5) is 0 Å². The third-order valence-corrected chi connectivity index (χ3v) is 6.94. The number of likely N-dealkylation sites (tertiary alicyclic amines) is 3. The second-order valence-corrected chi connectivity index (χ2v) is 9.02. The molecule has 0 aromatic heterocycles. The van der Waals surface area contributed by atoms with E-state index in [1.165, 1.54) is 58.3 Å². The average Bonchev–Trinajstić information content (AvgIpc) is 3.16. The topological polar surface area (TPSA) is 49.9 Å². The van der Waals surface area contributed by atoms with Gasteiger partial charge in [0.1, 0.15) is 5.82 Å². The molecule has 3 heterocycles. The molecule has 3 aliphatic heterocycles. The highest BCUT2D eigenvalue weighted by Crippen LogP contribution is 2.24. The molecule has 0 spiro atoms. The Labute approximate surface area is 177 Å².